The van der Waals surface area contributed by atoms with E-state index in [2.05, 4.69) is 16.8 Å². The van der Waals surface area contributed by atoms with Gasteiger partial charge in [0.2, 0.25) is 0 Å². The maximum Gasteiger partial charge on any atom is 0.140 e. The summed E-state index contributed by atoms with van der Waals surface area (Å²) in [5.41, 5.74) is 1.62. The third kappa shape index (κ3) is 2.33. The number of hydrogen-bond donors (Lipinski definition) is 0. The molecule has 16 heavy (non-hydrogen) atoms. The van der Waals surface area contributed by atoms with Crippen LogP contribution in [0.4, 0.5) is 5.69 Å². The molecule has 0 unspecified atom stereocenters. The predicted octanol–water partition coefficient (Wildman–Crippen LogP) is 2.58. The molecule has 1 aliphatic rings. The summed E-state index contributed by atoms with van der Waals surface area (Å²) in [6.45, 7) is 4.30. The third-order valence-electron chi connectivity index (χ3n) is 3.31. The van der Waals surface area contributed by atoms with Gasteiger partial charge in [-0.2, -0.15) is 5.26 Å². The highest BCUT2D eigenvalue weighted by Gasteiger charge is 2.20. The van der Waals surface area contributed by atoms with Crippen LogP contribution in [0.1, 0.15) is 31.9 Å². The van der Waals surface area contributed by atoms with Crippen LogP contribution in [-0.4, -0.2) is 18.1 Å². The molecule has 1 fully saturated rings. The molecule has 1 saturated carbocycles. The molecule has 0 bridgehead atoms. The quantitative estimate of drug-likeness (QED) is 0.775. The standard InChI is InChI=1S/C13H17N3/c1-2-16(10-11-4-3-5-11)13-7-6-12(8-14)15-9-13/h6-7,9,11H,2-5,10H2,1H3. The largest absolute Gasteiger partial charge is 0.370 e. The first-order chi connectivity index (χ1) is 7.83. The number of hydrogen-bond acceptors (Lipinski definition) is 3. The van der Waals surface area contributed by atoms with Gasteiger partial charge in [0.15, 0.2) is 0 Å². The van der Waals surface area contributed by atoms with Gasteiger partial charge in [-0.3, -0.25) is 0 Å². The van der Waals surface area contributed by atoms with E-state index >= 15 is 0 Å². The number of pyridine rings is 1. The first kappa shape index (κ1) is 10.9. The Labute approximate surface area is 96.7 Å². The molecule has 0 saturated heterocycles. The molecular weight excluding hydrogens is 198 g/mol. The average Bonchev–Trinajstić information content (AvgIpc) is 2.28. The van der Waals surface area contributed by atoms with E-state index in [1.165, 1.54) is 19.3 Å². The van der Waals surface area contributed by atoms with Crippen molar-refractivity contribution in [3.63, 3.8) is 0 Å². The van der Waals surface area contributed by atoms with Gasteiger partial charge in [0.1, 0.15) is 11.8 Å². The normalized spacial score (nSPS) is 15.2. The van der Waals surface area contributed by atoms with Crippen LogP contribution in [-0.2, 0) is 0 Å². The monoisotopic (exact) mass is 215 g/mol. The molecule has 84 valence electrons. The van der Waals surface area contributed by atoms with Gasteiger partial charge >= 0.3 is 0 Å². The fourth-order valence-electron chi connectivity index (χ4n) is 2.04. The summed E-state index contributed by atoms with van der Waals surface area (Å²) < 4.78 is 0. The van der Waals surface area contributed by atoms with E-state index in [1.54, 1.807) is 12.3 Å². The van der Waals surface area contributed by atoms with Crippen LogP contribution in [0, 0.1) is 17.2 Å². The van der Waals surface area contributed by atoms with Gasteiger partial charge < -0.3 is 4.90 Å². The molecule has 1 aliphatic carbocycles. The predicted molar refractivity (Wildman–Crippen MR) is 64.2 cm³/mol. The SMILES string of the molecule is CCN(CC1CCC1)c1ccc(C#N)nc1. The zero-order chi connectivity index (χ0) is 11.4. The summed E-state index contributed by atoms with van der Waals surface area (Å²) in [6.07, 6.45) is 5.91. The van der Waals surface area contributed by atoms with Crippen molar-refractivity contribution in [2.75, 3.05) is 18.0 Å². The minimum atomic E-state index is 0.489. The first-order valence-corrected chi connectivity index (χ1v) is 5.94. The fourth-order valence-corrected chi connectivity index (χ4v) is 2.04. The molecule has 0 atom stereocenters. The summed E-state index contributed by atoms with van der Waals surface area (Å²) in [5, 5.41) is 8.69. The highest BCUT2D eigenvalue weighted by atomic mass is 15.1. The first-order valence-electron chi connectivity index (χ1n) is 5.94. The number of rotatable bonds is 4. The van der Waals surface area contributed by atoms with Gasteiger partial charge in [-0.15, -0.1) is 0 Å². The minimum Gasteiger partial charge on any atom is -0.370 e. The molecule has 3 heteroatoms. The van der Waals surface area contributed by atoms with Crippen LogP contribution in [0.2, 0.25) is 0 Å². The number of anilines is 1. The van der Waals surface area contributed by atoms with Crippen molar-refractivity contribution in [3.8, 4) is 6.07 Å². The van der Waals surface area contributed by atoms with Gasteiger partial charge in [-0.25, -0.2) is 4.98 Å². The maximum atomic E-state index is 8.69. The van der Waals surface area contributed by atoms with Crippen LogP contribution in [0.3, 0.4) is 0 Å². The molecule has 0 aromatic carbocycles. The summed E-state index contributed by atoms with van der Waals surface area (Å²) in [6, 6.07) is 5.83. The molecular formula is C13H17N3. The number of nitriles is 1. The van der Waals surface area contributed by atoms with Crippen LogP contribution in [0.25, 0.3) is 0 Å². The molecule has 0 aliphatic heterocycles. The van der Waals surface area contributed by atoms with Crippen LogP contribution >= 0.6 is 0 Å². The maximum absolute atomic E-state index is 8.69. The Bertz CT molecular complexity index is 373. The molecule has 0 N–H and O–H groups in total. The van der Waals surface area contributed by atoms with Crippen molar-refractivity contribution in [3.05, 3.63) is 24.0 Å². The van der Waals surface area contributed by atoms with Crippen molar-refractivity contribution in [2.24, 2.45) is 5.92 Å². The van der Waals surface area contributed by atoms with Crippen molar-refractivity contribution in [2.45, 2.75) is 26.2 Å². The Morgan fingerprint density at radius 1 is 1.50 bits per heavy atom. The number of nitrogens with zero attached hydrogens (tertiary/aromatic N) is 3. The van der Waals surface area contributed by atoms with Crippen LogP contribution in [0.15, 0.2) is 18.3 Å². The molecule has 3 nitrogen and oxygen atoms in total. The number of aromatic nitrogens is 1. The molecule has 0 amide bonds. The van der Waals surface area contributed by atoms with Gasteiger partial charge in [-0.1, -0.05) is 6.42 Å². The highest BCUT2D eigenvalue weighted by molar-refractivity contribution is 5.45. The Morgan fingerprint density at radius 3 is 2.75 bits per heavy atom. The second-order valence-corrected chi connectivity index (χ2v) is 4.35. The van der Waals surface area contributed by atoms with E-state index in [0.717, 1.165) is 24.7 Å². The topological polar surface area (TPSA) is 39.9 Å². The zero-order valence-corrected chi connectivity index (χ0v) is 9.69. The summed E-state index contributed by atoms with van der Waals surface area (Å²) in [4.78, 5) is 6.46. The van der Waals surface area contributed by atoms with Crippen molar-refractivity contribution in [1.29, 1.82) is 5.26 Å². The second kappa shape index (κ2) is 4.98. The van der Waals surface area contributed by atoms with E-state index in [4.69, 9.17) is 5.26 Å². The molecule has 1 aromatic heterocycles. The van der Waals surface area contributed by atoms with Crippen LogP contribution < -0.4 is 4.90 Å². The highest BCUT2D eigenvalue weighted by Crippen LogP contribution is 2.28. The molecule has 0 radical (unpaired) electrons. The summed E-state index contributed by atoms with van der Waals surface area (Å²) in [5.74, 6) is 0.857. The molecule has 1 heterocycles. The Morgan fingerprint density at radius 2 is 2.31 bits per heavy atom. The lowest BCUT2D eigenvalue weighted by atomic mass is 9.85. The van der Waals surface area contributed by atoms with E-state index < -0.39 is 0 Å². The van der Waals surface area contributed by atoms with Crippen molar-refractivity contribution >= 4 is 5.69 Å². The molecule has 0 spiro atoms. The van der Waals surface area contributed by atoms with Crippen molar-refractivity contribution in [1.82, 2.24) is 4.98 Å². The Balaban J connectivity index is 2.03. The minimum absolute atomic E-state index is 0.489. The Hall–Kier alpha value is -1.56. The Kier molecular flexibility index (Phi) is 3.40. The summed E-state index contributed by atoms with van der Waals surface area (Å²) >= 11 is 0. The van der Waals surface area contributed by atoms with Gasteiger partial charge in [0.25, 0.3) is 0 Å². The van der Waals surface area contributed by atoms with E-state index in [1.807, 2.05) is 12.1 Å². The second-order valence-electron chi connectivity index (χ2n) is 4.35. The van der Waals surface area contributed by atoms with Gasteiger partial charge in [0.05, 0.1) is 11.9 Å². The van der Waals surface area contributed by atoms with Gasteiger partial charge in [0, 0.05) is 13.1 Å². The lowest BCUT2D eigenvalue weighted by molar-refractivity contribution is 0.318. The van der Waals surface area contributed by atoms with E-state index in [0.29, 0.717) is 5.69 Å². The lowest BCUT2D eigenvalue weighted by Crippen LogP contribution is -2.32. The van der Waals surface area contributed by atoms with Gasteiger partial charge in [-0.05, 0) is 37.8 Å². The molecule has 2 rings (SSSR count). The average molecular weight is 215 g/mol. The van der Waals surface area contributed by atoms with Crippen molar-refractivity contribution < 1.29 is 0 Å². The molecule has 1 aromatic rings. The smallest absolute Gasteiger partial charge is 0.140 e. The zero-order valence-electron chi connectivity index (χ0n) is 9.69. The summed E-state index contributed by atoms with van der Waals surface area (Å²) in [7, 11) is 0. The van der Waals surface area contributed by atoms with E-state index in [9.17, 15) is 0 Å². The van der Waals surface area contributed by atoms with E-state index in [-0.39, 0.29) is 0 Å². The van der Waals surface area contributed by atoms with Crippen LogP contribution in [0.5, 0.6) is 0 Å². The lowest BCUT2D eigenvalue weighted by Gasteiger charge is -2.32. The third-order valence-corrected chi connectivity index (χ3v) is 3.31. The fraction of sp³-hybridized carbons (Fsp3) is 0.538.